The lowest BCUT2D eigenvalue weighted by molar-refractivity contribution is 0.430. The summed E-state index contributed by atoms with van der Waals surface area (Å²) >= 11 is 0. The van der Waals surface area contributed by atoms with E-state index in [2.05, 4.69) is 20.3 Å². The molecular formula is C21H19FN4O3S. The summed E-state index contributed by atoms with van der Waals surface area (Å²) in [5.41, 5.74) is 2.87. The van der Waals surface area contributed by atoms with Crippen LogP contribution in [-0.4, -0.2) is 29.6 Å². The van der Waals surface area contributed by atoms with Crippen molar-refractivity contribution >= 4 is 32.2 Å². The van der Waals surface area contributed by atoms with E-state index in [0.29, 0.717) is 28.0 Å². The van der Waals surface area contributed by atoms with Crippen LogP contribution in [-0.2, 0) is 15.6 Å². The van der Waals surface area contributed by atoms with Crippen LogP contribution in [0.1, 0.15) is 11.3 Å². The van der Waals surface area contributed by atoms with E-state index in [-0.39, 0.29) is 17.4 Å². The topological polar surface area (TPSA) is 97.0 Å². The quantitative estimate of drug-likeness (QED) is 0.472. The molecule has 0 amide bonds. The van der Waals surface area contributed by atoms with Crippen molar-refractivity contribution in [3.8, 4) is 11.6 Å². The highest BCUT2D eigenvalue weighted by molar-refractivity contribution is 7.89. The number of fused-ring (bicyclic) bond motifs is 1. The van der Waals surface area contributed by atoms with Crippen LogP contribution in [0.25, 0.3) is 10.9 Å². The van der Waals surface area contributed by atoms with Crippen LogP contribution in [0.2, 0.25) is 0 Å². The van der Waals surface area contributed by atoms with Gasteiger partial charge in [0.2, 0.25) is 5.88 Å². The minimum atomic E-state index is -3.14. The first-order chi connectivity index (χ1) is 14.3. The molecule has 2 N–H and O–H groups in total. The zero-order valence-corrected chi connectivity index (χ0v) is 17.1. The zero-order valence-electron chi connectivity index (χ0n) is 16.3. The highest BCUT2D eigenvalue weighted by Gasteiger charge is 2.12. The highest BCUT2D eigenvalue weighted by atomic mass is 32.2. The molecule has 0 fully saturated rings. The van der Waals surface area contributed by atoms with Gasteiger partial charge in [-0.05, 0) is 42.8 Å². The first-order valence-corrected chi connectivity index (χ1v) is 11.1. The highest BCUT2D eigenvalue weighted by Crippen LogP contribution is 2.30. The molecule has 0 radical (unpaired) electrons. The van der Waals surface area contributed by atoms with E-state index in [9.17, 15) is 12.8 Å². The second-order valence-electron chi connectivity index (χ2n) is 7.03. The normalized spacial score (nSPS) is 11.6. The van der Waals surface area contributed by atoms with E-state index in [1.54, 1.807) is 36.4 Å². The minimum absolute atomic E-state index is 0.0545. The van der Waals surface area contributed by atoms with Gasteiger partial charge in [0.15, 0.2) is 21.4 Å². The summed E-state index contributed by atoms with van der Waals surface area (Å²) in [6.07, 6.45) is 2.49. The molecule has 154 valence electrons. The number of nitrogens with one attached hydrogen (secondary N) is 2. The van der Waals surface area contributed by atoms with Gasteiger partial charge >= 0.3 is 0 Å². The summed E-state index contributed by atoms with van der Waals surface area (Å²) in [5.74, 6) is 0.127. The van der Waals surface area contributed by atoms with E-state index in [1.165, 1.54) is 24.7 Å². The number of halogens is 1. The van der Waals surface area contributed by atoms with Crippen molar-refractivity contribution in [2.24, 2.45) is 0 Å². The molecule has 0 saturated heterocycles. The van der Waals surface area contributed by atoms with Crippen molar-refractivity contribution in [3.63, 3.8) is 0 Å². The summed E-state index contributed by atoms with van der Waals surface area (Å²) in [6, 6.07) is 13.5. The maximum Gasteiger partial charge on any atom is 0.224 e. The molecule has 9 heteroatoms. The second-order valence-corrected chi connectivity index (χ2v) is 9.17. The van der Waals surface area contributed by atoms with E-state index in [0.717, 1.165) is 5.69 Å². The number of ether oxygens (including phenoxy) is 1. The smallest absolute Gasteiger partial charge is 0.224 e. The number of aryl methyl sites for hydroxylation is 1. The maximum absolute atomic E-state index is 14.7. The first-order valence-electron chi connectivity index (χ1n) is 9.08. The molecule has 2 heterocycles. The maximum atomic E-state index is 14.7. The Morgan fingerprint density at radius 2 is 1.97 bits per heavy atom. The van der Waals surface area contributed by atoms with Crippen molar-refractivity contribution in [1.82, 2.24) is 15.0 Å². The van der Waals surface area contributed by atoms with Crippen LogP contribution in [0, 0.1) is 12.7 Å². The van der Waals surface area contributed by atoms with Crippen molar-refractivity contribution in [2.45, 2.75) is 12.7 Å². The molecule has 2 aromatic carbocycles. The number of H-pyrrole nitrogens is 1. The van der Waals surface area contributed by atoms with Gasteiger partial charge in [-0.2, -0.15) is 0 Å². The Morgan fingerprint density at radius 3 is 2.77 bits per heavy atom. The van der Waals surface area contributed by atoms with Crippen LogP contribution in [0.3, 0.4) is 0 Å². The van der Waals surface area contributed by atoms with Crippen LogP contribution in [0.5, 0.6) is 11.6 Å². The number of rotatable bonds is 6. The van der Waals surface area contributed by atoms with Gasteiger partial charge in [-0.25, -0.2) is 22.8 Å². The Hall–Kier alpha value is -3.46. The average Bonchev–Trinajstić information content (AvgIpc) is 3.05. The molecule has 4 aromatic rings. The van der Waals surface area contributed by atoms with Gasteiger partial charge in [0, 0.05) is 34.6 Å². The largest absolute Gasteiger partial charge is 0.436 e. The Balaban J connectivity index is 1.55. The summed E-state index contributed by atoms with van der Waals surface area (Å²) in [6.45, 7) is 1.85. The molecule has 0 bridgehead atoms. The number of hydrogen-bond acceptors (Lipinski definition) is 6. The number of nitrogens with zero attached hydrogens (tertiary/aromatic N) is 2. The molecule has 0 unspecified atom stereocenters. The lowest BCUT2D eigenvalue weighted by Crippen LogP contribution is -2.01. The Bertz CT molecular complexity index is 1340. The van der Waals surface area contributed by atoms with Gasteiger partial charge in [0.05, 0.1) is 5.75 Å². The van der Waals surface area contributed by atoms with Gasteiger partial charge in [0.25, 0.3) is 0 Å². The fraction of sp³-hybridized carbons (Fsp3) is 0.143. The fourth-order valence-electron chi connectivity index (χ4n) is 3.13. The molecule has 2 aromatic heterocycles. The van der Waals surface area contributed by atoms with Crippen LogP contribution in [0.15, 0.2) is 54.9 Å². The zero-order chi connectivity index (χ0) is 21.3. The van der Waals surface area contributed by atoms with Crippen molar-refractivity contribution in [1.29, 1.82) is 0 Å². The molecule has 0 aliphatic carbocycles. The number of sulfone groups is 1. The molecule has 0 saturated carbocycles. The Labute approximate surface area is 172 Å². The van der Waals surface area contributed by atoms with Crippen molar-refractivity contribution in [3.05, 3.63) is 71.9 Å². The summed E-state index contributed by atoms with van der Waals surface area (Å²) < 4.78 is 43.4. The minimum Gasteiger partial charge on any atom is -0.436 e. The summed E-state index contributed by atoms with van der Waals surface area (Å²) in [7, 11) is -3.14. The van der Waals surface area contributed by atoms with Crippen molar-refractivity contribution < 1.29 is 17.5 Å². The van der Waals surface area contributed by atoms with Gasteiger partial charge in [0.1, 0.15) is 12.1 Å². The lowest BCUT2D eigenvalue weighted by atomic mass is 10.2. The van der Waals surface area contributed by atoms with Crippen molar-refractivity contribution in [2.75, 3.05) is 11.6 Å². The number of anilines is 2. The summed E-state index contributed by atoms with van der Waals surface area (Å²) in [4.78, 5) is 11.3. The molecule has 0 spiro atoms. The fourth-order valence-corrected chi connectivity index (χ4v) is 3.92. The predicted octanol–water partition coefficient (Wildman–Crippen LogP) is 4.49. The third-order valence-corrected chi connectivity index (χ3v) is 5.18. The molecular weight excluding hydrogens is 407 g/mol. The molecule has 4 rings (SSSR count). The average molecular weight is 426 g/mol. The summed E-state index contributed by atoms with van der Waals surface area (Å²) in [5, 5.41) is 3.52. The number of aromatic nitrogens is 3. The monoisotopic (exact) mass is 426 g/mol. The Kier molecular flexibility index (Phi) is 5.13. The second kappa shape index (κ2) is 7.75. The first kappa shape index (κ1) is 19.8. The van der Waals surface area contributed by atoms with E-state index < -0.39 is 15.7 Å². The lowest BCUT2D eigenvalue weighted by Gasteiger charge is -2.10. The molecule has 7 nitrogen and oxygen atoms in total. The standard InChI is InChI=1S/C21H19FN4O3S/c1-13-8-16-17(25-13)6-7-18(21(16)22)29-20-10-19(23-12-24-20)26-15-5-3-4-14(9-15)11-30(2,27)28/h3-10,12,25H,11H2,1-2H3,(H,23,24,26). The molecule has 0 aliphatic heterocycles. The third-order valence-electron chi connectivity index (χ3n) is 4.32. The predicted molar refractivity (Wildman–Crippen MR) is 113 cm³/mol. The molecule has 0 aliphatic rings. The molecule has 0 atom stereocenters. The SMILES string of the molecule is Cc1cc2c(F)c(Oc3cc(Nc4cccc(CS(C)(=O)=O)c4)ncn3)ccc2[nH]1. The van der Waals surface area contributed by atoms with Gasteiger partial charge < -0.3 is 15.0 Å². The van der Waals surface area contributed by atoms with Gasteiger partial charge in [-0.15, -0.1) is 0 Å². The van der Waals surface area contributed by atoms with E-state index >= 15 is 0 Å². The molecule has 30 heavy (non-hydrogen) atoms. The number of hydrogen-bond donors (Lipinski definition) is 2. The van der Waals surface area contributed by atoms with E-state index in [1.807, 2.05) is 6.92 Å². The van der Waals surface area contributed by atoms with Gasteiger partial charge in [-0.3, -0.25) is 0 Å². The number of benzene rings is 2. The van der Waals surface area contributed by atoms with Crippen LogP contribution >= 0.6 is 0 Å². The third kappa shape index (κ3) is 4.57. The van der Waals surface area contributed by atoms with Crippen LogP contribution in [0.4, 0.5) is 15.9 Å². The number of aromatic amines is 1. The van der Waals surface area contributed by atoms with Gasteiger partial charge in [-0.1, -0.05) is 12.1 Å². The Morgan fingerprint density at radius 1 is 1.13 bits per heavy atom. The van der Waals surface area contributed by atoms with Crippen LogP contribution < -0.4 is 10.1 Å². The van der Waals surface area contributed by atoms with E-state index in [4.69, 9.17) is 4.74 Å².